The first-order valence-electron chi connectivity index (χ1n) is 6.40. The Balaban J connectivity index is 1.85. The van der Waals surface area contributed by atoms with Crippen LogP contribution in [0.2, 0.25) is 5.02 Å². The van der Waals surface area contributed by atoms with Crippen molar-refractivity contribution in [1.82, 2.24) is 5.32 Å². The van der Waals surface area contributed by atoms with Crippen LogP contribution in [0.1, 0.15) is 18.4 Å². The van der Waals surface area contributed by atoms with Gasteiger partial charge >= 0.3 is 0 Å². The van der Waals surface area contributed by atoms with Crippen LogP contribution in [0, 0.1) is 12.3 Å². The molecular formula is C14H19ClN2. The zero-order valence-electron chi connectivity index (χ0n) is 10.3. The second kappa shape index (κ2) is 4.18. The van der Waals surface area contributed by atoms with Crippen molar-refractivity contribution in [2.75, 3.05) is 31.1 Å². The summed E-state index contributed by atoms with van der Waals surface area (Å²) in [6.07, 6.45) is 2.67. The number of halogens is 1. The minimum Gasteiger partial charge on any atom is -0.371 e. The largest absolute Gasteiger partial charge is 0.371 e. The number of rotatable bonds is 1. The summed E-state index contributed by atoms with van der Waals surface area (Å²) in [4.78, 5) is 2.52. The number of hydrogen-bond acceptors (Lipinski definition) is 2. The predicted octanol–water partition coefficient (Wildman–Crippen LogP) is 2.84. The fraction of sp³-hybridized carbons (Fsp3) is 0.571. The van der Waals surface area contributed by atoms with Gasteiger partial charge in [-0.3, -0.25) is 0 Å². The molecule has 1 aromatic carbocycles. The molecule has 0 atom stereocenters. The summed E-state index contributed by atoms with van der Waals surface area (Å²) >= 11 is 6.12. The topological polar surface area (TPSA) is 15.3 Å². The summed E-state index contributed by atoms with van der Waals surface area (Å²) in [6.45, 7) is 6.89. The molecule has 2 fully saturated rings. The molecule has 1 N–H and O–H groups in total. The van der Waals surface area contributed by atoms with Crippen molar-refractivity contribution >= 4 is 17.3 Å². The fourth-order valence-corrected chi connectivity index (χ4v) is 3.27. The zero-order valence-corrected chi connectivity index (χ0v) is 11.1. The average Bonchev–Trinajstić information content (AvgIpc) is 2.30. The smallest absolute Gasteiger partial charge is 0.0426 e. The highest BCUT2D eigenvalue weighted by Crippen LogP contribution is 2.37. The molecular weight excluding hydrogens is 232 g/mol. The third-order valence-corrected chi connectivity index (χ3v) is 4.41. The van der Waals surface area contributed by atoms with E-state index in [0.717, 1.165) is 5.02 Å². The summed E-state index contributed by atoms with van der Waals surface area (Å²) < 4.78 is 0. The van der Waals surface area contributed by atoms with Gasteiger partial charge in [-0.15, -0.1) is 0 Å². The Morgan fingerprint density at radius 1 is 1.35 bits per heavy atom. The lowest BCUT2D eigenvalue weighted by molar-refractivity contribution is 0.138. The van der Waals surface area contributed by atoms with Gasteiger partial charge in [0.25, 0.3) is 0 Å². The molecule has 2 nitrogen and oxygen atoms in total. The van der Waals surface area contributed by atoms with Gasteiger partial charge in [0.15, 0.2) is 0 Å². The lowest BCUT2D eigenvalue weighted by atomic mass is 9.75. The van der Waals surface area contributed by atoms with Crippen LogP contribution in [0.4, 0.5) is 5.69 Å². The van der Waals surface area contributed by atoms with Crippen LogP contribution in [-0.4, -0.2) is 26.2 Å². The molecule has 0 radical (unpaired) electrons. The Kier molecular flexibility index (Phi) is 2.80. The van der Waals surface area contributed by atoms with E-state index in [1.165, 1.54) is 50.3 Å². The first-order chi connectivity index (χ1) is 8.19. The first kappa shape index (κ1) is 11.4. The fourth-order valence-electron chi connectivity index (χ4n) is 3.10. The molecule has 0 saturated carbocycles. The van der Waals surface area contributed by atoms with Gasteiger partial charge in [0.05, 0.1) is 0 Å². The first-order valence-corrected chi connectivity index (χ1v) is 6.78. The Morgan fingerprint density at radius 2 is 2.18 bits per heavy atom. The second-order valence-corrected chi connectivity index (χ2v) is 6.00. The van der Waals surface area contributed by atoms with Crippen molar-refractivity contribution in [1.29, 1.82) is 0 Å². The number of anilines is 1. The molecule has 0 bridgehead atoms. The minimum absolute atomic E-state index is 0.535. The lowest BCUT2D eigenvalue weighted by Crippen LogP contribution is -2.61. The van der Waals surface area contributed by atoms with E-state index in [0.29, 0.717) is 5.41 Å². The lowest BCUT2D eigenvalue weighted by Gasteiger charge is -2.50. The molecule has 2 saturated heterocycles. The third-order valence-electron chi connectivity index (χ3n) is 4.17. The molecule has 2 aliphatic heterocycles. The Labute approximate surface area is 108 Å². The molecule has 1 spiro atoms. The van der Waals surface area contributed by atoms with Crippen LogP contribution in [0.5, 0.6) is 0 Å². The van der Waals surface area contributed by atoms with E-state index in [2.05, 4.69) is 29.3 Å². The van der Waals surface area contributed by atoms with Crippen LogP contribution in [-0.2, 0) is 0 Å². The molecule has 0 aromatic heterocycles. The molecule has 0 amide bonds. The van der Waals surface area contributed by atoms with Gasteiger partial charge in [0, 0.05) is 42.3 Å². The maximum absolute atomic E-state index is 6.12. The van der Waals surface area contributed by atoms with Crippen molar-refractivity contribution in [2.24, 2.45) is 5.41 Å². The molecule has 17 heavy (non-hydrogen) atoms. The van der Waals surface area contributed by atoms with Crippen molar-refractivity contribution in [3.8, 4) is 0 Å². The normalized spacial score (nSPS) is 22.6. The van der Waals surface area contributed by atoms with E-state index in [1.807, 2.05) is 6.07 Å². The summed E-state index contributed by atoms with van der Waals surface area (Å²) in [5.41, 5.74) is 3.19. The van der Waals surface area contributed by atoms with Crippen molar-refractivity contribution in [2.45, 2.75) is 19.8 Å². The van der Waals surface area contributed by atoms with Crippen LogP contribution in [0.3, 0.4) is 0 Å². The van der Waals surface area contributed by atoms with Crippen molar-refractivity contribution in [3.63, 3.8) is 0 Å². The van der Waals surface area contributed by atoms with Gasteiger partial charge in [0.2, 0.25) is 0 Å². The van der Waals surface area contributed by atoms with E-state index in [4.69, 9.17) is 11.6 Å². The predicted molar refractivity (Wildman–Crippen MR) is 72.9 cm³/mol. The Morgan fingerprint density at radius 3 is 2.88 bits per heavy atom. The number of piperidine rings is 1. The van der Waals surface area contributed by atoms with E-state index < -0.39 is 0 Å². The molecule has 2 heterocycles. The highest BCUT2D eigenvalue weighted by molar-refractivity contribution is 6.30. The van der Waals surface area contributed by atoms with Gasteiger partial charge in [-0.1, -0.05) is 17.7 Å². The van der Waals surface area contributed by atoms with E-state index in [1.54, 1.807) is 0 Å². The van der Waals surface area contributed by atoms with Gasteiger partial charge in [-0.2, -0.15) is 0 Å². The molecule has 2 aliphatic rings. The van der Waals surface area contributed by atoms with Gasteiger partial charge in [0.1, 0.15) is 0 Å². The SMILES string of the molecule is Cc1ccc(Cl)cc1N1CCCC2(CNC2)C1. The molecule has 92 valence electrons. The van der Waals surface area contributed by atoms with Gasteiger partial charge < -0.3 is 10.2 Å². The Bertz CT molecular complexity index is 426. The average molecular weight is 251 g/mol. The highest BCUT2D eigenvalue weighted by atomic mass is 35.5. The maximum Gasteiger partial charge on any atom is 0.0426 e. The third kappa shape index (κ3) is 2.04. The number of hydrogen-bond donors (Lipinski definition) is 1. The highest BCUT2D eigenvalue weighted by Gasteiger charge is 2.40. The molecule has 0 aliphatic carbocycles. The standard InChI is InChI=1S/C14H19ClN2/c1-11-3-4-12(15)7-13(11)17-6-2-5-14(10-17)8-16-9-14/h3-4,7,16H,2,5-6,8-10H2,1H3. The van der Waals surface area contributed by atoms with Crippen LogP contribution in [0.15, 0.2) is 18.2 Å². The van der Waals surface area contributed by atoms with Crippen LogP contribution < -0.4 is 10.2 Å². The number of aryl methyl sites for hydroxylation is 1. The molecule has 1 aromatic rings. The quantitative estimate of drug-likeness (QED) is 0.825. The number of benzene rings is 1. The zero-order chi connectivity index (χ0) is 11.9. The van der Waals surface area contributed by atoms with Crippen molar-refractivity contribution < 1.29 is 0 Å². The van der Waals surface area contributed by atoms with Crippen LogP contribution in [0.25, 0.3) is 0 Å². The van der Waals surface area contributed by atoms with Crippen molar-refractivity contribution in [3.05, 3.63) is 28.8 Å². The monoisotopic (exact) mass is 250 g/mol. The van der Waals surface area contributed by atoms with E-state index >= 15 is 0 Å². The summed E-state index contributed by atoms with van der Waals surface area (Å²) in [6, 6.07) is 6.21. The van der Waals surface area contributed by atoms with Gasteiger partial charge in [-0.25, -0.2) is 0 Å². The maximum atomic E-state index is 6.12. The molecule has 3 rings (SSSR count). The molecule has 0 unspecified atom stereocenters. The number of nitrogens with zero attached hydrogens (tertiary/aromatic N) is 1. The number of nitrogens with one attached hydrogen (secondary N) is 1. The van der Waals surface area contributed by atoms with Crippen LogP contribution >= 0.6 is 11.6 Å². The Hall–Kier alpha value is -0.730. The van der Waals surface area contributed by atoms with Gasteiger partial charge in [-0.05, 0) is 37.5 Å². The minimum atomic E-state index is 0.535. The van der Waals surface area contributed by atoms with E-state index in [9.17, 15) is 0 Å². The summed E-state index contributed by atoms with van der Waals surface area (Å²) in [5, 5.41) is 4.26. The summed E-state index contributed by atoms with van der Waals surface area (Å²) in [5.74, 6) is 0. The second-order valence-electron chi connectivity index (χ2n) is 5.56. The van der Waals surface area contributed by atoms with E-state index in [-0.39, 0.29) is 0 Å². The summed E-state index contributed by atoms with van der Waals surface area (Å²) in [7, 11) is 0. The molecule has 3 heteroatoms.